The van der Waals surface area contributed by atoms with Crippen molar-refractivity contribution in [3.63, 3.8) is 0 Å². The maximum absolute atomic E-state index is 14.9. The largest absolute Gasteiger partial charge is 0.487 e. The van der Waals surface area contributed by atoms with Crippen LogP contribution in [0.2, 0.25) is 0 Å². The number of carbonyl (C=O) groups is 2. The fourth-order valence-electron chi connectivity index (χ4n) is 4.92. The van der Waals surface area contributed by atoms with Gasteiger partial charge in [0.1, 0.15) is 23.9 Å². The van der Waals surface area contributed by atoms with Gasteiger partial charge in [-0.25, -0.2) is 29.1 Å². The molecule has 1 saturated heterocycles. The van der Waals surface area contributed by atoms with Gasteiger partial charge in [0.2, 0.25) is 5.88 Å². The number of pyridine rings is 1. The van der Waals surface area contributed by atoms with E-state index in [4.69, 9.17) is 18.9 Å². The Balaban J connectivity index is 1.04. The fraction of sp³-hybridized carbons (Fsp3) is 0.290. The summed E-state index contributed by atoms with van der Waals surface area (Å²) in [5, 5.41) is 12.7. The van der Waals surface area contributed by atoms with Gasteiger partial charge in [0.25, 0.3) is 5.91 Å². The van der Waals surface area contributed by atoms with Crippen molar-refractivity contribution in [2.45, 2.75) is 13.0 Å². The summed E-state index contributed by atoms with van der Waals surface area (Å²) in [6.45, 7) is 2.46. The number of aliphatic hydroxyl groups excluding tert-OH is 1. The van der Waals surface area contributed by atoms with E-state index >= 15 is 0 Å². The van der Waals surface area contributed by atoms with Gasteiger partial charge in [0.05, 0.1) is 72.3 Å². The third-order valence-corrected chi connectivity index (χ3v) is 8.20. The van der Waals surface area contributed by atoms with Crippen molar-refractivity contribution in [3.8, 4) is 22.2 Å². The van der Waals surface area contributed by atoms with Crippen molar-refractivity contribution in [1.82, 2.24) is 24.8 Å². The van der Waals surface area contributed by atoms with Gasteiger partial charge in [-0.05, 0) is 36.8 Å². The Morgan fingerprint density at radius 3 is 2.78 bits per heavy atom. The lowest BCUT2D eigenvalue weighted by molar-refractivity contribution is -0.0186. The Kier molecular flexibility index (Phi) is 9.14. The predicted octanol–water partition coefficient (Wildman–Crippen LogP) is 4.22. The van der Waals surface area contributed by atoms with Gasteiger partial charge in [-0.15, -0.1) is 11.3 Å². The van der Waals surface area contributed by atoms with E-state index < -0.39 is 18.0 Å². The minimum Gasteiger partial charge on any atom is -0.487 e. The van der Waals surface area contributed by atoms with Crippen LogP contribution in [0.1, 0.15) is 16.1 Å². The van der Waals surface area contributed by atoms with Gasteiger partial charge in [0.15, 0.2) is 11.6 Å². The first kappa shape index (κ1) is 31.0. The van der Waals surface area contributed by atoms with E-state index in [9.17, 15) is 19.1 Å². The number of anilines is 1. The van der Waals surface area contributed by atoms with Crippen LogP contribution < -0.4 is 14.8 Å². The SMILES string of the molecule is COc1cnc2c(-c3nc4cc(F)c(OCCOC(=O)Nc5ccc(C(=O)N6CCOC[C@H]6CO)nc5)cc4s3)cc(C)cc2n1. The number of hydrogen-bond acceptors (Lipinski definition) is 12. The number of halogens is 1. The number of methoxy groups -OCH3 is 1. The molecule has 0 unspecified atom stereocenters. The average molecular weight is 649 g/mol. The number of thiazole rings is 1. The van der Waals surface area contributed by atoms with Gasteiger partial charge in [0, 0.05) is 24.2 Å². The lowest BCUT2D eigenvalue weighted by Gasteiger charge is -2.34. The van der Waals surface area contributed by atoms with Crippen molar-refractivity contribution in [3.05, 3.63) is 65.9 Å². The molecular formula is C31H29FN6O7S. The minimum atomic E-state index is -0.771. The van der Waals surface area contributed by atoms with Crippen molar-refractivity contribution in [1.29, 1.82) is 0 Å². The second kappa shape index (κ2) is 13.6. The summed E-state index contributed by atoms with van der Waals surface area (Å²) in [6, 6.07) is 9.28. The number of hydrogen-bond donors (Lipinski definition) is 2. The zero-order chi connectivity index (χ0) is 32.2. The molecule has 2 aromatic carbocycles. The quantitative estimate of drug-likeness (QED) is 0.221. The number of aryl methyl sites for hydroxylation is 1. The van der Waals surface area contributed by atoms with Crippen LogP contribution >= 0.6 is 11.3 Å². The molecule has 15 heteroatoms. The highest BCUT2D eigenvalue weighted by Crippen LogP contribution is 2.37. The first-order valence-electron chi connectivity index (χ1n) is 14.3. The van der Waals surface area contributed by atoms with E-state index in [-0.39, 0.29) is 43.8 Å². The number of benzene rings is 2. The molecule has 1 aliphatic rings. The Bertz CT molecular complexity index is 1900. The normalized spacial score (nSPS) is 14.8. The highest BCUT2D eigenvalue weighted by atomic mass is 32.1. The summed E-state index contributed by atoms with van der Waals surface area (Å²) in [6.07, 6.45) is 2.10. The molecule has 3 aromatic heterocycles. The van der Waals surface area contributed by atoms with Gasteiger partial charge in [-0.1, -0.05) is 0 Å². The van der Waals surface area contributed by atoms with Crippen molar-refractivity contribution in [2.75, 3.05) is 52.0 Å². The molecule has 1 atom stereocenters. The third kappa shape index (κ3) is 6.66. The summed E-state index contributed by atoms with van der Waals surface area (Å²) in [5.74, 6) is -0.540. The molecule has 0 spiro atoms. The first-order chi connectivity index (χ1) is 22.3. The summed E-state index contributed by atoms with van der Waals surface area (Å²) >= 11 is 1.37. The van der Waals surface area contributed by atoms with Crippen LogP contribution in [0.3, 0.4) is 0 Å². The predicted molar refractivity (Wildman–Crippen MR) is 167 cm³/mol. The zero-order valence-corrected chi connectivity index (χ0v) is 25.7. The van der Waals surface area contributed by atoms with E-state index in [2.05, 4.69) is 25.3 Å². The highest BCUT2D eigenvalue weighted by molar-refractivity contribution is 7.21. The smallest absolute Gasteiger partial charge is 0.411 e. The van der Waals surface area contributed by atoms with E-state index in [0.717, 1.165) is 11.1 Å². The van der Waals surface area contributed by atoms with Crippen LogP contribution in [0, 0.1) is 12.7 Å². The average Bonchev–Trinajstić information content (AvgIpc) is 3.48. The van der Waals surface area contributed by atoms with Gasteiger partial charge in [-0.2, -0.15) is 0 Å². The molecule has 46 heavy (non-hydrogen) atoms. The van der Waals surface area contributed by atoms with E-state index in [0.29, 0.717) is 51.0 Å². The molecule has 1 aliphatic heterocycles. The summed E-state index contributed by atoms with van der Waals surface area (Å²) < 4.78 is 36.8. The second-order valence-electron chi connectivity index (χ2n) is 10.3. The zero-order valence-electron chi connectivity index (χ0n) is 24.9. The topological polar surface area (TPSA) is 158 Å². The molecule has 238 valence electrons. The second-order valence-corrected chi connectivity index (χ2v) is 11.3. The lowest BCUT2D eigenvalue weighted by Crippen LogP contribution is -2.50. The fourth-order valence-corrected chi connectivity index (χ4v) is 5.91. The monoisotopic (exact) mass is 648 g/mol. The van der Waals surface area contributed by atoms with Crippen LogP contribution in [-0.2, 0) is 9.47 Å². The van der Waals surface area contributed by atoms with Gasteiger partial charge in [-0.3, -0.25) is 10.1 Å². The standard InChI is InChI=1S/C31H29FN6O7S/c1-17-9-20(28-24(10-17)36-27(42-2)14-34-28)29-37-23-11-21(32)25(12-26(23)46-29)44-7-8-45-31(41)35-18-3-4-22(33-13-18)30(40)38-5-6-43-16-19(38)15-39/h3-4,9-14,19,39H,5-8,15-16H2,1-2H3,(H,35,41)/t19-/m1/s1. The number of nitrogens with one attached hydrogen (secondary N) is 1. The molecule has 0 bridgehead atoms. The number of aliphatic hydroxyl groups is 1. The molecule has 6 rings (SSSR count). The number of carbonyl (C=O) groups excluding carboxylic acids is 2. The molecule has 2 N–H and O–H groups in total. The maximum atomic E-state index is 14.9. The third-order valence-electron chi connectivity index (χ3n) is 7.15. The number of nitrogens with zero attached hydrogens (tertiary/aromatic N) is 5. The van der Waals surface area contributed by atoms with E-state index in [1.807, 2.05) is 19.1 Å². The van der Waals surface area contributed by atoms with Crippen LogP contribution in [0.4, 0.5) is 14.9 Å². The van der Waals surface area contributed by atoms with Crippen LogP contribution in [-0.4, -0.2) is 94.7 Å². The number of ether oxygens (including phenoxy) is 4. The highest BCUT2D eigenvalue weighted by Gasteiger charge is 2.28. The summed E-state index contributed by atoms with van der Waals surface area (Å²) in [5.41, 5.74) is 4.01. The van der Waals surface area contributed by atoms with Gasteiger partial charge >= 0.3 is 6.09 Å². The number of rotatable bonds is 9. The molecule has 0 radical (unpaired) electrons. The molecule has 13 nitrogen and oxygen atoms in total. The molecule has 0 saturated carbocycles. The van der Waals surface area contributed by atoms with Crippen molar-refractivity contribution >= 4 is 50.3 Å². The van der Waals surface area contributed by atoms with E-state index in [1.54, 1.807) is 12.3 Å². The Hall–Kier alpha value is -4.99. The number of morpholine rings is 1. The van der Waals surface area contributed by atoms with Crippen LogP contribution in [0.5, 0.6) is 11.6 Å². The Morgan fingerprint density at radius 1 is 1.13 bits per heavy atom. The molecule has 1 fully saturated rings. The van der Waals surface area contributed by atoms with Crippen LogP contribution in [0.15, 0.2) is 48.8 Å². The lowest BCUT2D eigenvalue weighted by atomic mass is 10.1. The summed E-state index contributed by atoms with van der Waals surface area (Å²) in [4.78, 5) is 44.3. The molecule has 5 aromatic rings. The first-order valence-corrected chi connectivity index (χ1v) is 15.1. The van der Waals surface area contributed by atoms with Crippen LogP contribution in [0.25, 0.3) is 31.8 Å². The molecule has 4 heterocycles. The minimum absolute atomic E-state index is 0.00139. The van der Waals surface area contributed by atoms with Crippen molar-refractivity contribution < 1.29 is 38.0 Å². The molecule has 2 amide bonds. The molecular weight excluding hydrogens is 619 g/mol. The number of fused-ring (bicyclic) bond motifs is 2. The Morgan fingerprint density at radius 2 is 2.00 bits per heavy atom. The molecule has 0 aliphatic carbocycles. The number of amides is 2. The van der Waals surface area contributed by atoms with E-state index in [1.165, 1.54) is 47.7 Å². The summed E-state index contributed by atoms with van der Waals surface area (Å²) in [7, 11) is 1.53. The maximum Gasteiger partial charge on any atom is 0.411 e. The van der Waals surface area contributed by atoms with Crippen molar-refractivity contribution in [2.24, 2.45) is 0 Å². The van der Waals surface area contributed by atoms with Gasteiger partial charge < -0.3 is 29.0 Å². The Labute approximate surface area is 265 Å². The number of aromatic nitrogens is 4.